The standard InChI is InChI=1S/C14H22N2O/c1-3-14(17)16-11-5-4-10-15-13-8-6-12(2)7-9-13/h6-9,15H,3-5,10-11H2,1-2H3,(H,16,17). The highest BCUT2D eigenvalue weighted by Gasteiger charge is 1.95. The molecule has 94 valence electrons. The summed E-state index contributed by atoms with van der Waals surface area (Å²) in [6.07, 6.45) is 2.66. The van der Waals surface area contributed by atoms with Crippen molar-refractivity contribution in [1.82, 2.24) is 5.32 Å². The van der Waals surface area contributed by atoms with E-state index in [-0.39, 0.29) is 5.91 Å². The molecule has 2 N–H and O–H groups in total. The van der Waals surface area contributed by atoms with Crippen LogP contribution in [0, 0.1) is 6.92 Å². The molecule has 0 saturated heterocycles. The van der Waals surface area contributed by atoms with Gasteiger partial charge in [0.2, 0.25) is 5.91 Å². The van der Waals surface area contributed by atoms with Crippen molar-refractivity contribution < 1.29 is 4.79 Å². The Bertz CT molecular complexity index is 333. The first kappa shape index (κ1) is 13.6. The van der Waals surface area contributed by atoms with Crippen molar-refractivity contribution in [2.45, 2.75) is 33.1 Å². The molecule has 0 heterocycles. The van der Waals surface area contributed by atoms with Gasteiger partial charge < -0.3 is 10.6 Å². The summed E-state index contributed by atoms with van der Waals surface area (Å²) in [6.45, 7) is 5.68. The van der Waals surface area contributed by atoms with Crippen LogP contribution in [0.5, 0.6) is 0 Å². The quantitative estimate of drug-likeness (QED) is 0.712. The van der Waals surface area contributed by atoms with E-state index in [4.69, 9.17) is 0 Å². The number of unbranched alkanes of at least 4 members (excludes halogenated alkanes) is 1. The number of anilines is 1. The minimum atomic E-state index is 0.136. The predicted octanol–water partition coefficient (Wildman–Crippen LogP) is 2.71. The molecule has 1 amide bonds. The van der Waals surface area contributed by atoms with Gasteiger partial charge in [-0.3, -0.25) is 4.79 Å². The van der Waals surface area contributed by atoms with Crippen LogP contribution in [0.15, 0.2) is 24.3 Å². The van der Waals surface area contributed by atoms with E-state index in [1.54, 1.807) is 0 Å². The Morgan fingerprint density at radius 2 is 1.76 bits per heavy atom. The molecular weight excluding hydrogens is 212 g/mol. The summed E-state index contributed by atoms with van der Waals surface area (Å²) in [5.41, 5.74) is 2.44. The Balaban J connectivity index is 2.04. The third kappa shape index (κ3) is 5.95. The van der Waals surface area contributed by atoms with Crippen molar-refractivity contribution >= 4 is 11.6 Å². The van der Waals surface area contributed by atoms with E-state index >= 15 is 0 Å². The lowest BCUT2D eigenvalue weighted by atomic mass is 10.2. The van der Waals surface area contributed by atoms with Crippen LogP contribution in [0.1, 0.15) is 31.7 Å². The van der Waals surface area contributed by atoms with Crippen LogP contribution in [0.2, 0.25) is 0 Å². The monoisotopic (exact) mass is 234 g/mol. The first-order valence-corrected chi connectivity index (χ1v) is 6.29. The lowest BCUT2D eigenvalue weighted by molar-refractivity contribution is -0.120. The van der Waals surface area contributed by atoms with E-state index in [0.717, 1.165) is 31.6 Å². The van der Waals surface area contributed by atoms with Gasteiger partial charge in [0.05, 0.1) is 0 Å². The summed E-state index contributed by atoms with van der Waals surface area (Å²) >= 11 is 0. The molecule has 0 saturated carbocycles. The number of aryl methyl sites for hydroxylation is 1. The zero-order chi connectivity index (χ0) is 12.5. The SMILES string of the molecule is CCC(=O)NCCCCNc1ccc(C)cc1. The average Bonchev–Trinajstić information content (AvgIpc) is 2.35. The minimum Gasteiger partial charge on any atom is -0.385 e. The van der Waals surface area contributed by atoms with E-state index in [2.05, 4.69) is 41.8 Å². The fraction of sp³-hybridized carbons (Fsp3) is 0.500. The zero-order valence-corrected chi connectivity index (χ0v) is 10.8. The number of amides is 1. The normalized spacial score (nSPS) is 10.0. The summed E-state index contributed by atoms with van der Waals surface area (Å²) in [5.74, 6) is 0.136. The van der Waals surface area contributed by atoms with Gasteiger partial charge in [-0.15, -0.1) is 0 Å². The summed E-state index contributed by atoms with van der Waals surface area (Å²) in [6, 6.07) is 8.38. The second-order valence-corrected chi connectivity index (χ2v) is 4.20. The van der Waals surface area contributed by atoms with Gasteiger partial charge in [0.25, 0.3) is 0 Å². The Hall–Kier alpha value is -1.51. The summed E-state index contributed by atoms with van der Waals surface area (Å²) in [4.78, 5) is 11.0. The molecule has 3 heteroatoms. The van der Waals surface area contributed by atoms with Gasteiger partial charge in [0.1, 0.15) is 0 Å². The zero-order valence-electron chi connectivity index (χ0n) is 10.8. The van der Waals surface area contributed by atoms with Crippen molar-refractivity contribution in [3.05, 3.63) is 29.8 Å². The molecular formula is C14H22N2O. The first-order valence-electron chi connectivity index (χ1n) is 6.29. The van der Waals surface area contributed by atoms with Crippen LogP contribution in [0.4, 0.5) is 5.69 Å². The Kier molecular flexibility index (Phi) is 6.15. The Morgan fingerprint density at radius 3 is 2.41 bits per heavy atom. The number of hydrogen-bond acceptors (Lipinski definition) is 2. The van der Waals surface area contributed by atoms with E-state index in [9.17, 15) is 4.79 Å². The number of nitrogens with one attached hydrogen (secondary N) is 2. The van der Waals surface area contributed by atoms with Crippen molar-refractivity contribution in [2.24, 2.45) is 0 Å². The fourth-order valence-corrected chi connectivity index (χ4v) is 1.51. The Labute approximate surface area is 104 Å². The van der Waals surface area contributed by atoms with Crippen LogP contribution in [0.25, 0.3) is 0 Å². The van der Waals surface area contributed by atoms with Crippen molar-refractivity contribution in [3.63, 3.8) is 0 Å². The third-order valence-corrected chi connectivity index (χ3v) is 2.63. The van der Waals surface area contributed by atoms with Gasteiger partial charge in [0, 0.05) is 25.2 Å². The molecule has 0 aliphatic carbocycles. The molecule has 0 spiro atoms. The molecule has 1 rings (SSSR count). The lowest BCUT2D eigenvalue weighted by Crippen LogP contribution is -2.23. The van der Waals surface area contributed by atoms with Gasteiger partial charge in [0.15, 0.2) is 0 Å². The second kappa shape index (κ2) is 7.71. The number of carbonyl (C=O) groups excluding carboxylic acids is 1. The van der Waals surface area contributed by atoms with Gasteiger partial charge in [-0.1, -0.05) is 24.6 Å². The fourth-order valence-electron chi connectivity index (χ4n) is 1.51. The minimum absolute atomic E-state index is 0.136. The molecule has 0 aromatic heterocycles. The Morgan fingerprint density at radius 1 is 1.12 bits per heavy atom. The highest BCUT2D eigenvalue weighted by molar-refractivity contribution is 5.75. The highest BCUT2D eigenvalue weighted by Crippen LogP contribution is 2.08. The molecule has 1 aromatic carbocycles. The third-order valence-electron chi connectivity index (χ3n) is 2.63. The molecule has 0 radical (unpaired) electrons. The molecule has 0 bridgehead atoms. The van der Waals surface area contributed by atoms with Crippen LogP contribution < -0.4 is 10.6 Å². The number of hydrogen-bond donors (Lipinski definition) is 2. The van der Waals surface area contributed by atoms with E-state index in [1.807, 2.05) is 6.92 Å². The van der Waals surface area contributed by atoms with Crippen molar-refractivity contribution in [3.8, 4) is 0 Å². The molecule has 0 fully saturated rings. The molecule has 0 aliphatic rings. The van der Waals surface area contributed by atoms with Crippen LogP contribution in [-0.2, 0) is 4.79 Å². The molecule has 0 aliphatic heterocycles. The topological polar surface area (TPSA) is 41.1 Å². The maximum Gasteiger partial charge on any atom is 0.219 e. The molecule has 0 atom stereocenters. The average molecular weight is 234 g/mol. The molecule has 17 heavy (non-hydrogen) atoms. The van der Waals surface area contributed by atoms with E-state index < -0.39 is 0 Å². The highest BCUT2D eigenvalue weighted by atomic mass is 16.1. The summed E-state index contributed by atoms with van der Waals surface area (Å²) in [7, 11) is 0. The van der Waals surface area contributed by atoms with E-state index in [0.29, 0.717) is 6.42 Å². The van der Waals surface area contributed by atoms with Gasteiger partial charge >= 0.3 is 0 Å². The second-order valence-electron chi connectivity index (χ2n) is 4.20. The largest absolute Gasteiger partial charge is 0.385 e. The van der Waals surface area contributed by atoms with Gasteiger partial charge in [-0.25, -0.2) is 0 Å². The smallest absolute Gasteiger partial charge is 0.219 e. The van der Waals surface area contributed by atoms with Crippen molar-refractivity contribution in [2.75, 3.05) is 18.4 Å². The molecule has 0 unspecified atom stereocenters. The van der Waals surface area contributed by atoms with Crippen LogP contribution in [0.3, 0.4) is 0 Å². The maximum absolute atomic E-state index is 11.0. The molecule has 1 aromatic rings. The predicted molar refractivity (Wildman–Crippen MR) is 72.2 cm³/mol. The molecule has 3 nitrogen and oxygen atoms in total. The van der Waals surface area contributed by atoms with Crippen LogP contribution >= 0.6 is 0 Å². The van der Waals surface area contributed by atoms with E-state index in [1.165, 1.54) is 5.56 Å². The number of rotatable bonds is 7. The maximum atomic E-state index is 11.0. The first-order chi connectivity index (χ1) is 8.22. The van der Waals surface area contributed by atoms with Crippen molar-refractivity contribution in [1.29, 1.82) is 0 Å². The number of benzene rings is 1. The summed E-state index contributed by atoms with van der Waals surface area (Å²) < 4.78 is 0. The van der Waals surface area contributed by atoms with Gasteiger partial charge in [-0.2, -0.15) is 0 Å². The lowest BCUT2D eigenvalue weighted by Gasteiger charge is -2.07. The van der Waals surface area contributed by atoms with Crippen LogP contribution in [-0.4, -0.2) is 19.0 Å². The summed E-state index contributed by atoms with van der Waals surface area (Å²) in [5, 5.41) is 6.23. The van der Waals surface area contributed by atoms with Gasteiger partial charge in [-0.05, 0) is 31.9 Å². The number of carbonyl (C=O) groups is 1.